The lowest BCUT2D eigenvalue weighted by molar-refractivity contribution is 0.0697. The van der Waals surface area contributed by atoms with E-state index in [2.05, 4.69) is 25.8 Å². The van der Waals surface area contributed by atoms with E-state index in [9.17, 15) is 14.3 Å². The summed E-state index contributed by atoms with van der Waals surface area (Å²) < 4.78 is 37.3. The second-order valence-corrected chi connectivity index (χ2v) is 11.4. The number of hydrogen-bond donors (Lipinski definition) is 1. The minimum Gasteiger partial charge on any atom is -0.478 e. The van der Waals surface area contributed by atoms with Crippen LogP contribution >= 0.6 is 0 Å². The predicted molar refractivity (Wildman–Crippen MR) is 154 cm³/mol. The minimum absolute atomic E-state index is 0.00745. The van der Waals surface area contributed by atoms with Gasteiger partial charge in [0.05, 0.1) is 22.3 Å². The number of aromatic nitrogens is 3. The van der Waals surface area contributed by atoms with Gasteiger partial charge in [0.1, 0.15) is 24.1 Å². The number of carboxylic acid groups (broad SMARTS) is 1. The molecule has 41 heavy (non-hydrogen) atoms. The summed E-state index contributed by atoms with van der Waals surface area (Å²) in [7, 11) is 0. The van der Waals surface area contributed by atoms with E-state index in [1.807, 2.05) is 23.6 Å². The molecule has 5 aromatic rings. The first-order chi connectivity index (χ1) is 19.5. The molecule has 6 nitrogen and oxygen atoms in total. The molecule has 8 heteroatoms. The molecule has 0 saturated carbocycles. The lowest BCUT2D eigenvalue weighted by Gasteiger charge is -2.21. The summed E-state index contributed by atoms with van der Waals surface area (Å²) in [5.41, 5.74) is 4.19. The fraction of sp³-hybridized carbons (Fsp3) is 0.242. The maximum atomic E-state index is 15.4. The molecule has 1 N–H and O–H groups in total. The van der Waals surface area contributed by atoms with Crippen molar-refractivity contribution in [2.75, 3.05) is 0 Å². The van der Waals surface area contributed by atoms with Crippen LogP contribution < -0.4 is 4.74 Å². The van der Waals surface area contributed by atoms with Crippen LogP contribution in [0.25, 0.3) is 22.3 Å². The number of pyridine rings is 1. The highest BCUT2D eigenvalue weighted by atomic mass is 19.1. The zero-order valence-electron chi connectivity index (χ0n) is 23.4. The molecule has 0 saturated heterocycles. The van der Waals surface area contributed by atoms with Gasteiger partial charge < -0.3 is 14.4 Å². The first-order valence-corrected chi connectivity index (χ1v) is 13.3. The van der Waals surface area contributed by atoms with Gasteiger partial charge in [0, 0.05) is 30.2 Å². The van der Waals surface area contributed by atoms with E-state index in [1.54, 1.807) is 48.5 Å². The third kappa shape index (κ3) is 6.43. The van der Waals surface area contributed by atoms with Gasteiger partial charge in [0.2, 0.25) is 5.88 Å². The lowest BCUT2D eigenvalue weighted by Crippen LogP contribution is -2.18. The van der Waals surface area contributed by atoms with Crippen LogP contribution in [0.15, 0.2) is 72.8 Å². The Bertz CT molecular complexity index is 1760. The third-order valence-corrected chi connectivity index (χ3v) is 6.69. The van der Waals surface area contributed by atoms with Gasteiger partial charge in [-0.05, 0) is 65.9 Å². The SMILES string of the molecule is Cc1ccc(COc2cccc(-c3ccc(Cc4nc5ccc(C(=O)O)cc5n4CC(C)(C)C)cc3F)n2)c(F)c1. The molecule has 0 spiro atoms. The van der Waals surface area contributed by atoms with E-state index in [-0.39, 0.29) is 29.3 Å². The monoisotopic (exact) mass is 555 g/mol. The number of aromatic carboxylic acids is 1. The number of imidazole rings is 1. The molecule has 0 aliphatic heterocycles. The van der Waals surface area contributed by atoms with Gasteiger partial charge in [-0.25, -0.2) is 23.5 Å². The molecule has 5 rings (SSSR count). The number of ether oxygens (including phenoxy) is 1. The predicted octanol–water partition coefficient (Wildman–Crippen LogP) is 7.60. The maximum absolute atomic E-state index is 15.4. The highest BCUT2D eigenvalue weighted by Crippen LogP contribution is 2.28. The first-order valence-electron chi connectivity index (χ1n) is 13.3. The summed E-state index contributed by atoms with van der Waals surface area (Å²) >= 11 is 0. The molecule has 0 amide bonds. The van der Waals surface area contributed by atoms with Crippen LogP contribution in [0.1, 0.15) is 53.6 Å². The van der Waals surface area contributed by atoms with Crippen LogP contribution in [0.4, 0.5) is 8.78 Å². The Labute approximate surface area is 237 Å². The van der Waals surface area contributed by atoms with Gasteiger partial charge in [-0.2, -0.15) is 0 Å². The minimum atomic E-state index is -1.000. The Balaban J connectivity index is 1.40. The van der Waals surface area contributed by atoms with Crippen LogP contribution in [0, 0.1) is 24.0 Å². The molecule has 0 atom stereocenters. The number of carboxylic acids is 1. The summed E-state index contributed by atoms with van der Waals surface area (Å²) in [6.45, 7) is 8.73. The average molecular weight is 556 g/mol. The number of benzene rings is 3. The Morgan fingerprint density at radius 2 is 1.76 bits per heavy atom. The standard InChI is InChI=1S/C33H31F2N3O3/c1-20-8-10-23(25(34)14-20)18-41-31-7-5-6-27(37-31)24-12-9-21(15-26(24)35)16-30-36-28-13-11-22(32(39)40)17-29(28)38(30)19-33(2,3)4/h5-15,17H,16,18-19H2,1-4H3,(H,39,40). The summed E-state index contributed by atoms with van der Waals surface area (Å²) in [6, 6.07) is 19.9. The second kappa shape index (κ2) is 11.1. The van der Waals surface area contributed by atoms with Gasteiger partial charge in [-0.15, -0.1) is 0 Å². The average Bonchev–Trinajstić information content (AvgIpc) is 3.23. The summed E-state index contributed by atoms with van der Waals surface area (Å²) in [4.78, 5) is 20.8. The second-order valence-electron chi connectivity index (χ2n) is 11.4. The molecule has 0 radical (unpaired) electrons. The van der Waals surface area contributed by atoms with E-state index >= 15 is 4.39 Å². The van der Waals surface area contributed by atoms with Crippen molar-refractivity contribution < 1.29 is 23.4 Å². The zero-order chi connectivity index (χ0) is 29.3. The Kier molecular flexibility index (Phi) is 7.58. The molecule has 0 unspecified atom stereocenters. The van der Waals surface area contributed by atoms with Crippen LogP contribution in [-0.4, -0.2) is 25.6 Å². The fourth-order valence-corrected chi connectivity index (χ4v) is 4.72. The Morgan fingerprint density at radius 3 is 2.46 bits per heavy atom. The number of halogens is 2. The third-order valence-electron chi connectivity index (χ3n) is 6.69. The van der Waals surface area contributed by atoms with Gasteiger partial charge in [-0.3, -0.25) is 0 Å². The number of fused-ring (bicyclic) bond motifs is 1. The van der Waals surface area contributed by atoms with Crippen LogP contribution in [-0.2, 0) is 19.6 Å². The van der Waals surface area contributed by atoms with Crippen molar-refractivity contribution in [2.24, 2.45) is 5.41 Å². The van der Waals surface area contributed by atoms with Crippen molar-refractivity contribution in [3.63, 3.8) is 0 Å². The molecule has 2 aromatic heterocycles. The van der Waals surface area contributed by atoms with E-state index in [0.717, 1.165) is 22.5 Å². The normalized spacial score (nSPS) is 11.7. The zero-order valence-corrected chi connectivity index (χ0v) is 23.4. The van der Waals surface area contributed by atoms with Crippen LogP contribution in [0.5, 0.6) is 5.88 Å². The quantitative estimate of drug-likeness (QED) is 0.213. The van der Waals surface area contributed by atoms with Gasteiger partial charge in [0.15, 0.2) is 0 Å². The van der Waals surface area contributed by atoms with Crippen molar-refractivity contribution in [3.05, 3.63) is 113 Å². The molecule has 0 aliphatic rings. The molecule has 0 bridgehead atoms. The highest BCUT2D eigenvalue weighted by molar-refractivity contribution is 5.92. The first kappa shape index (κ1) is 28.0. The van der Waals surface area contributed by atoms with E-state index in [4.69, 9.17) is 9.72 Å². The van der Waals surface area contributed by atoms with Gasteiger partial charge in [-0.1, -0.05) is 45.0 Å². The lowest BCUT2D eigenvalue weighted by atomic mass is 9.96. The number of nitrogens with zero attached hydrogens (tertiary/aromatic N) is 3. The summed E-state index contributed by atoms with van der Waals surface area (Å²) in [5.74, 6) is -0.798. The molecule has 0 fully saturated rings. The summed E-state index contributed by atoms with van der Waals surface area (Å²) in [6.07, 6.45) is 0.364. The number of carbonyl (C=O) groups is 1. The molecular weight excluding hydrogens is 524 g/mol. The smallest absolute Gasteiger partial charge is 0.335 e. The number of rotatable bonds is 8. The van der Waals surface area contributed by atoms with E-state index in [0.29, 0.717) is 35.3 Å². The van der Waals surface area contributed by atoms with Crippen LogP contribution in [0.2, 0.25) is 0 Å². The van der Waals surface area contributed by atoms with Gasteiger partial charge in [0.25, 0.3) is 0 Å². The molecular formula is C33H31F2N3O3. The molecule has 0 aliphatic carbocycles. The maximum Gasteiger partial charge on any atom is 0.335 e. The Morgan fingerprint density at radius 1 is 0.951 bits per heavy atom. The van der Waals surface area contributed by atoms with Crippen LogP contribution in [0.3, 0.4) is 0 Å². The number of aryl methyl sites for hydroxylation is 1. The molecule has 2 heterocycles. The summed E-state index contributed by atoms with van der Waals surface area (Å²) in [5, 5.41) is 9.48. The molecule has 210 valence electrons. The van der Waals surface area contributed by atoms with Crippen molar-refractivity contribution in [2.45, 2.75) is 47.3 Å². The van der Waals surface area contributed by atoms with Crippen molar-refractivity contribution in [3.8, 4) is 17.1 Å². The Hall–Kier alpha value is -4.59. The molecule has 3 aromatic carbocycles. The largest absolute Gasteiger partial charge is 0.478 e. The van der Waals surface area contributed by atoms with Crippen molar-refractivity contribution >= 4 is 17.0 Å². The van der Waals surface area contributed by atoms with Gasteiger partial charge >= 0.3 is 5.97 Å². The van der Waals surface area contributed by atoms with Crippen molar-refractivity contribution in [1.29, 1.82) is 0 Å². The van der Waals surface area contributed by atoms with E-state index in [1.165, 1.54) is 12.1 Å². The van der Waals surface area contributed by atoms with Crippen molar-refractivity contribution in [1.82, 2.24) is 14.5 Å². The number of hydrogen-bond acceptors (Lipinski definition) is 4. The highest BCUT2D eigenvalue weighted by Gasteiger charge is 2.20. The fourth-order valence-electron chi connectivity index (χ4n) is 4.72. The van der Waals surface area contributed by atoms with E-state index < -0.39 is 11.8 Å². The topological polar surface area (TPSA) is 77.2 Å².